The highest BCUT2D eigenvalue weighted by atomic mass is 16.5. The Bertz CT molecular complexity index is 233. The van der Waals surface area contributed by atoms with Crippen LogP contribution in [-0.4, -0.2) is 56.5 Å². The maximum absolute atomic E-state index is 6.10. The van der Waals surface area contributed by atoms with Gasteiger partial charge in [0, 0.05) is 26.7 Å². The molecule has 0 aromatic rings. The van der Waals surface area contributed by atoms with E-state index in [1.54, 1.807) is 0 Å². The number of ether oxygens (including phenoxy) is 2. The van der Waals surface area contributed by atoms with E-state index in [0.717, 1.165) is 45.5 Å². The molecule has 2 rings (SSSR count). The van der Waals surface area contributed by atoms with Crippen LogP contribution in [0.1, 0.15) is 32.1 Å². The molecule has 0 saturated carbocycles. The topological polar surface area (TPSA) is 47.7 Å². The molecule has 0 unspecified atom stereocenters. The standard InChI is InChI=1S/C13H26N2O2/c1-16-12-4-9-17-13(10-12)5-2-7-15(11-13)8-3-6-14/h12H,2-11,14H2,1H3/t12-,13+/m0/s1. The number of methoxy groups -OCH3 is 1. The molecule has 0 amide bonds. The summed E-state index contributed by atoms with van der Waals surface area (Å²) in [5.74, 6) is 0. The van der Waals surface area contributed by atoms with Gasteiger partial charge < -0.3 is 20.1 Å². The summed E-state index contributed by atoms with van der Waals surface area (Å²) in [5.41, 5.74) is 5.64. The number of rotatable bonds is 4. The third kappa shape index (κ3) is 3.41. The highest BCUT2D eigenvalue weighted by Gasteiger charge is 2.40. The van der Waals surface area contributed by atoms with E-state index in [1.165, 1.54) is 19.4 Å². The minimum atomic E-state index is 0.0613. The summed E-state index contributed by atoms with van der Waals surface area (Å²) < 4.78 is 11.6. The molecule has 17 heavy (non-hydrogen) atoms. The summed E-state index contributed by atoms with van der Waals surface area (Å²) >= 11 is 0. The van der Waals surface area contributed by atoms with Crippen LogP contribution in [0.3, 0.4) is 0 Å². The van der Waals surface area contributed by atoms with Gasteiger partial charge in [-0.25, -0.2) is 0 Å². The van der Waals surface area contributed by atoms with Crippen molar-refractivity contribution in [3.05, 3.63) is 0 Å². The zero-order chi connectivity index (χ0) is 12.1. The Morgan fingerprint density at radius 2 is 2.41 bits per heavy atom. The van der Waals surface area contributed by atoms with Crippen LogP contribution < -0.4 is 5.73 Å². The zero-order valence-electron chi connectivity index (χ0n) is 11.0. The van der Waals surface area contributed by atoms with E-state index in [0.29, 0.717) is 6.10 Å². The molecule has 2 fully saturated rings. The van der Waals surface area contributed by atoms with Crippen molar-refractivity contribution in [2.45, 2.75) is 43.8 Å². The summed E-state index contributed by atoms with van der Waals surface area (Å²) in [4.78, 5) is 2.51. The Kier molecular flexibility index (Phi) is 4.79. The summed E-state index contributed by atoms with van der Waals surface area (Å²) in [7, 11) is 1.82. The number of nitrogens with two attached hydrogens (primary N) is 1. The highest BCUT2D eigenvalue weighted by molar-refractivity contribution is 4.93. The molecule has 2 aliphatic rings. The molecule has 0 radical (unpaired) electrons. The minimum Gasteiger partial charge on any atom is -0.381 e. The van der Waals surface area contributed by atoms with Crippen molar-refractivity contribution >= 4 is 0 Å². The minimum absolute atomic E-state index is 0.0613. The van der Waals surface area contributed by atoms with Crippen molar-refractivity contribution in [2.75, 3.05) is 39.9 Å². The van der Waals surface area contributed by atoms with Crippen molar-refractivity contribution < 1.29 is 9.47 Å². The molecule has 2 atom stereocenters. The smallest absolute Gasteiger partial charge is 0.0833 e. The summed E-state index contributed by atoms with van der Waals surface area (Å²) in [5, 5.41) is 0. The van der Waals surface area contributed by atoms with Crippen molar-refractivity contribution in [3.8, 4) is 0 Å². The molecule has 2 saturated heterocycles. The molecule has 1 spiro atoms. The Morgan fingerprint density at radius 3 is 3.18 bits per heavy atom. The van der Waals surface area contributed by atoms with Crippen LogP contribution in [-0.2, 0) is 9.47 Å². The second kappa shape index (κ2) is 6.14. The first-order valence-electron chi connectivity index (χ1n) is 6.87. The summed E-state index contributed by atoms with van der Waals surface area (Å²) in [6.45, 7) is 5.00. The van der Waals surface area contributed by atoms with Crippen LogP contribution >= 0.6 is 0 Å². The van der Waals surface area contributed by atoms with Crippen LogP contribution in [0.25, 0.3) is 0 Å². The average molecular weight is 242 g/mol. The molecule has 0 aromatic heterocycles. The second-order valence-corrected chi connectivity index (χ2v) is 5.40. The third-order valence-electron chi connectivity index (χ3n) is 4.08. The van der Waals surface area contributed by atoms with Gasteiger partial charge in [-0.2, -0.15) is 0 Å². The van der Waals surface area contributed by atoms with Crippen LogP contribution in [0.2, 0.25) is 0 Å². The van der Waals surface area contributed by atoms with Gasteiger partial charge in [0.25, 0.3) is 0 Å². The lowest BCUT2D eigenvalue weighted by Crippen LogP contribution is -2.54. The fourth-order valence-electron chi connectivity index (χ4n) is 3.16. The highest BCUT2D eigenvalue weighted by Crippen LogP contribution is 2.34. The van der Waals surface area contributed by atoms with Crippen LogP contribution in [0.4, 0.5) is 0 Å². The fraction of sp³-hybridized carbons (Fsp3) is 1.00. The SMILES string of the molecule is CO[C@H]1CCO[C@]2(CCCN(CCCN)C2)C1. The molecular weight excluding hydrogens is 216 g/mol. The Labute approximate surface area is 104 Å². The largest absolute Gasteiger partial charge is 0.381 e. The molecule has 2 heterocycles. The van der Waals surface area contributed by atoms with Gasteiger partial charge in [0.05, 0.1) is 11.7 Å². The molecule has 100 valence electrons. The predicted octanol–water partition coefficient (Wildman–Crippen LogP) is 0.995. The number of piperidine rings is 1. The summed E-state index contributed by atoms with van der Waals surface area (Å²) in [6, 6.07) is 0. The van der Waals surface area contributed by atoms with E-state index in [1.807, 2.05) is 7.11 Å². The van der Waals surface area contributed by atoms with Gasteiger partial charge in [0.15, 0.2) is 0 Å². The van der Waals surface area contributed by atoms with Gasteiger partial charge in [-0.05, 0) is 45.3 Å². The lowest BCUT2D eigenvalue weighted by atomic mass is 9.84. The molecule has 2 aliphatic heterocycles. The van der Waals surface area contributed by atoms with E-state index in [4.69, 9.17) is 15.2 Å². The van der Waals surface area contributed by atoms with E-state index >= 15 is 0 Å². The maximum Gasteiger partial charge on any atom is 0.0833 e. The van der Waals surface area contributed by atoms with Crippen molar-refractivity contribution in [1.82, 2.24) is 4.90 Å². The van der Waals surface area contributed by atoms with Gasteiger partial charge in [0.1, 0.15) is 0 Å². The molecule has 2 N–H and O–H groups in total. The molecule has 0 aliphatic carbocycles. The first-order valence-corrected chi connectivity index (χ1v) is 6.87. The monoisotopic (exact) mass is 242 g/mol. The van der Waals surface area contributed by atoms with Crippen LogP contribution in [0, 0.1) is 0 Å². The Balaban J connectivity index is 1.89. The van der Waals surface area contributed by atoms with E-state index in [2.05, 4.69) is 4.90 Å². The predicted molar refractivity (Wildman–Crippen MR) is 68.1 cm³/mol. The quantitative estimate of drug-likeness (QED) is 0.799. The number of likely N-dealkylation sites (tertiary alicyclic amines) is 1. The molecule has 4 nitrogen and oxygen atoms in total. The number of nitrogens with zero attached hydrogens (tertiary/aromatic N) is 1. The van der Waals surface area contributed by atoms with Gasteiger partial charge >= 0.3 is 0 Å². The van der Waals surface area contributed by atoms with E-state index < -0.39 is 0 Å². The normalized spacial score (nSPS) is 35.3. The van der Waals surface area contributed by atoms with Crippen molar-refractivity contribution in [3.63, 3.8) is 0 Å². The molecule has 0 bridgehead atoms. The molecule has 0 aromatic carbocycles. The maximum atomic E-state index is 6.10. The summed E-state index contributed by atoms with van der Waals surface area (Å²) in [6.07, 6.45) is 6.00. The molecule has 4 heteroatoms. The number of hydrogen-bond donors (Lipinski definition) is 1. The van der Waals surface area contributed by atoms with Crippen LogP contribution in [0.15, 0.2) is 0 Å². The van der Waals surface area contributed by atoms with E-state index in [9.17, 15) is 0 Å². The van der Waals surface area contributed by atoms with E-state index in [-0.39, 0.29) is 5.60 Å². The fourth-order valence-corrected chi connectivity index (χ4v) is 3.16. The first-order chi connectivity index (χ1) is 8.28. The van der Waals surface area contributed by atoms with Crippen LogP contribution in [0.5, 0.6) is 0 Å². The van der Waals surface area contributed by atoms with Gasteiger partial charge in [0.2, 0.25) is 0 Å². The lowest BCUT2D eigenvalue weighted by molar-refractivity contribution is -0.152. The van der Waals surface area contributed by atoms with Gasteiger partial charge in [-0.15, -0.1) is 0 Å². The van der Waals surface area contributed by atoms with Gasteiger partial charge in [-0.1, -0.05) is 0 Å². The second-order valence-electron chi connectivity index (χ2n) is 5.40. The zero-order valence-corrected chi connectivity index (χ0v) is 11.0. The van der Waals surface area contributed by atoms with Crippen molar-refractivity contribution in [1.29, 1.82) is 0 Å². The lowest BCUT2D eigenvalue weighted by Gasteiger charge is -2.46. The van der Waals surface area contributed by atoms with Gasteiger partial charge in [-0.3, -0.25) is 0 Å². The van der Waals surface area contributed by atoms with Crippen molar-refractivity contribution in [2.24, 2.45) is 5.73 Å². The Morgan fingerprint density at radius 1 is 1.53 bits per heavy atom. The Hall–Kier alpha value is -0.160. The molecular formula is C13H26N2O2. The first kappa shape index (κ1) is 13.3. The number of hydrogen-bond acceptors (Lipinski definition) is 4. The average Bonchev–Trinajstić information content (AvgIpc) is 2.36. The third-order valence-corrected chi connectivity index (χ3v) is 4.08.